The lowest BCUT2D eigenvalue weighted by Gasteiger charge is -2.42. The lowest BCUT2D eigenvalue weighted by atomic mass is 9.73. The fourth-order valence-electron chi connectivity index (χ4n) is 4.47. The third-order valence-electron chi connectivity index (χ3n) is 4.84. The Balaban J connectivity index is 1.98. The summed E-state index contributed by atoms with van der Waals surface area (Å²) in [6, 6.07) is 0. The lowest BCUT2D eigenvalue weighted by Crippen LogP contribution is -2.48. The Bertz CT molecular complexity index is 418. The molecule has 92 valence electrons. The molecule has 4 atom stereocenters. The van der Waals surface area contributed by atoms with Gasteiger partial charge in [-0.05, 0) is 44.4 Å². The predicted molar refractivity (Wildman–Crippen MR) is 58.3 cm³/mol. The van der Waals surface area contributed by atoms with Crippen LogP contribution in [-0.4, -0.2) is 31.0 Å². The zero-order valence-electron chi connectivity index (χ0n) is 9.48. The van der Waals surface area contributed by atoms with Crippen molar-refractivity contribution in [3.8, 4) is 0 Å². The Morgan fingerprint density at radius 2 is 2.06 bits per heavy atom. The number of hydrogen-bond acceptors (Lipinski definition) is 4. The second-order valence-corrected chi connectivity index (χ2v) is 7.30. The van der Waals surface area contributed by atoms with Crippen LogP contribution in [0.4, 0.5) is 0 Å². The van der Waals surface area contributed by atoms with Gasteiger partial charge in [0.2, 0.25) is 0 Å². The van der Waals surface area contributed by atoms with Crippen LogP contribution in [0.5, 0.6) is 0 Å². The van der Waals surface area contributed by atoms with Crippen LogP contribution >= 0.6 is 0 Å². The molecular formula is C11H18O4S. The van der Waals surface area contributed by atoms with Crippen molar-refractivity contribution >= 4 is 10.1 Å². The summed E-state index contributed by atoms with van der Waals surface area (Å²) in [5.74, 6) is 0.287. The highest BCUT2D eigenvalue weighted by atomic mass is 32.2. The first-order valence-corrected chi connectivity index (χ1v) is 7.80. The van der Waals surface area contributed by atoms with Crippen molar-refractivity contribution in [1.29, 1.82) is 0 Å². The Hall–Kier alpha value is -0.130. The van der Waals surface area contributed by atoms with Crippen LogP contribution in [0.15, 0.2) is 0 Å². The minimum atomic E-state index is -3.43. The molecule has 0 aromatic rings. The third kappa shape index (κ3) is 1.31. The molecule has 3 aliphatic rings. The summed E-state index contributed by atoms with van der Waals surface area (Å²) in [6.07, 6.45) is 6.25. The minimum Gasteiger partial charge on any atom is -0.389 e. The monoisotopic (exact) mass is 246 g/mol. The van der Waals surface area contributed by atoms with Crippen LogP contribution in [0.3, 0.4) is 0 Å². The standard InChI is InChI=1S/C11H18O4S/c1-16(13,14)15-10-5-2-6-11(12)8(7-10)3-4-9(10)11/h8-9,12H,2-7H2,1H3/t8-,9+,10+,11-/m0/s1. The van der Waals surface area contributed by atoms with Crippen molar-refractivity contribution in [2.45, 2.75) is 49.7 Å². The maximum atomic E-state index is 11.4. The van der Waals surface area contributed by atoms with E-state index in [1.165, 1.54) is 0 Å². The van der Waals surface area contributed by atoms with Gasteiger partial charge in [-0.15, -0.1) is 0 Å². The molecular weight excluding hydrogens is 228 g/mol. The van der Waals surface area contributed by atoms with Gasteiger partial charge in [0.1, 0.15) is 0 Å². The Morgan fingerprint density at radius 1 is 1.31 bits per heavy atom. The first kappa shape index (κ1) is 11.0. The smallest absolute Gasteiger partial charge is 0.264 e. The molecule has 16 heavy (non-hydrogen) atoms. The molecule has 0 aromatic carbocycles. The van der Waals surface area contributed by atoms with Crippen LogP contribution in [-0.2, 0) is 14.3 Å². The molecule has 0 amide bonds. The molecule has 0 saturated heterocycles. The summed E-state index contributed by atoms with van der Waals surface area (Å²) < 4.78 is 28.1. The van der Waals surface area contributed by atoms with Crippen molar-refractivity contribution < 1.29 is 17.7 Å². The van der Waals surface area contributed by atoms with E-state index in [-0.39, 0.29) is 11.8 Å². The highest BCUT2D eigenvalue weighted by Gasteiger charge is 2.68. The van der Waals surface area contributed by atoms with Gasteiger partial charge in [0, 0.05) is 5.92 Å². The van der Waals surface area contributed by atoms with Gasteiger partial charge in [-0.1, -0.05) is 0 Å². The van der Waals surface area contributed by atoms with Gasteiger partial charge in [0.05, 0.1) is 17.5 Å². The van der Waals surface area contributed by atoms with Crippen LogP contribution in [0, 0.1) is 11.8 Å². The van der Waals surface area contributed by atoms with E-state index >= 15 is 0 Å². The van der Waals surface area contributed by atoms with E-state index in [1.54, 1.807) is 0 Å². The number of hydrogen-bond donors (Lipinski definition) is 1. The van der Waals surface area contributed by atoms with E-state index in [4.69, 9.17) is 4.18 Å². The van der Waals surface area contributed by atoms with Crippen LogP contribution in [0.1, 0.15) is 38.5 Å². The van der Waals surface area contributed by atoms with E-state index in [0.717, 1.165) is 44.8 Å². The van der Waals surface area contributed by atoms with Gasteiger partial charge in [-0.25, -0.2) is 0 Å². The van der Waals surface area contributed by atoms with Crippen molar-refractivity contribution in [3.05, 3.63) is 0 Å². The summed E-state index contributed by atoms with van der Waals surface area (Å²) in [6.45, 7) is 0. The zero-order chi connectivity index (χ0) is 11.6. The molecule has 4 nitrogen and oxygen atoms in total. The van der Waals surface area contributed by atoms with E-state index in [2.05, 4.69) is 0 Å². The maximum absolute atomic E-state index is 11.4. The Kier molecular flexibility index (Phi) is 2.06. The van der Waals surface area contributed by atoms with Gasteiger partial charge in [-0.3, -0.25) is 4.18 Å². The van der Waals surface area contributed by atoms with Crippen LogP contribution in [0.25, 0.3) is 0 Å². The van der Waals surface area contributed by atoms with Crippen molar-refractivity contribution in [2.75, 3.05) is 6.26 Å². The highest BCUT2D eigenvalue weighted by molar-refractivity contribution is 7.86. The number of aliphatic hydroxyl groups is 1. The molecule has 3 rings (SSSR count). The first-order valence-electron chi connectivity index (χ1n) is 5.99. The SMILES string of the molecule is CS(=O)(=O)O[C@@]12CCC[C@]3(O)[C@@H](CC[C@H]13)C2. The normalized spacial score (nSPS) is 50.9. The second-order valence-electron chi connectivity index (χ2n) is 5.73. The molecule has 0 spiro atoms. The molecule has 0 aliphatic heterocycles. The Labute approximate surface area is 96.1 Å². The largest absolute Gasteiger partial charge is 0.389 e. The van der Waals surface area contributed by atoms with Crippen molar-refractivity contribution in [2.24, 2.45) is 11.8 Å². The fraction of sp³-hybridized carbons (Fsp3) is 1.00. The highest BCUT2D eigenvalue weighted by Crippen LogP contribution is 2.64. The third-order valence-corrected chi connectivity index (χ3v) is 5.47. The fourth-order valence-corrected chi connectivity index (χ4v) is 5.34. The van der Waals surface area contributed by atoms with E-state index in [1.807, 2.05) is 0 Å². The minimum absolute atomic E-state index is 0.0356. The Morgan fingerprint density at radius 3 is 2.75 bits per heavy atom. The van der Waals surface area contributed by atoms with Gasteiger partial charge in [0.15, 0.2) is 0 Å². The van der Waals surface area contributed by atoms with Crippen molar-refractivity contribution in [3.63, 3.8) is 0 Å². The molecule has 0 heterocycles. The average Bonchev–Trinajstić information content (AvgIpc) is 2.48. The molecule has 3 aliphatic carbocycles. The molecule has 0 unspecified atom stereocenters. The van der Waals surface area contributed by atoms with E-state index in [0.29, 0.717) is 0 Å². The molecule has 1 N–H and O–H groups in total. The molecule has 0 radical (unpaired) electrons. The average molecular weight is 246 g/mol. The van der Waals surface area contributed by atoms with E-state index < -0.39 is 21.3 Å². The number of rotatable bonds is 2. The lowest BCUT2D eigenvalue weighted by molar-refractivity contribution is -0.0860. The second kappa shape index (κ2) is 3.00. The molecule has 3 saturated carbocycles. The topological polar surface area (TPSA) is 63.6 Å². The summed E-state index contributed by atoms with van der Waals surface area (Å²) in [7, 11) is -3.43. The zero-order valence-corrected chi connectivity index (χ0v) is 10.3. The quantitative estimate of drug-likeness (QED) is 0.740. The summed E-state index contributed by atoms with van der Waals surface area (Å²) in [5, 5.41) is 10.6. The maximum Gasteiger partial charge on any atom is 0.264 e. The van der Waals surface area contributed by atoms with Crippen molar-refractivity contribution in [1.82, 2.24) is 0 Å². The molecule has 4 bridgehead atoms. The van der Waals surface area contributed by atoms with Crippen LogP contribution < -0.4 is 0 Å². The van der Waals surface area contributed by atoms with Gasteiger partial charge in [0.25, 0.3) is 10.1 Å². The van der Waals surface area contributed by atoms with Gasteiger partial charge in [-0.2, -0.15) is 8.42 Å². The van der Waals surface area contributed by atoms with Gasteiger partial charge < -0.3 is 5.11 Å². The summed E-state index contributed by atoms with van der Waals surface area (Å²) in [5.41, 5.74) is -1.22. The van der Waals surface area contributed by atoms with Crippen LogP contribution in [0.2, 0.25) is 0 Å². The van der Waals surface area contributed by atoms with Gasteiger partial charge >= 0.3 is 0 Å². The molecule has 5 heteroatoms. The van der Waals surface area contributed by atoms with E-state index in [9.17, 15) is 13.5 Å². The summed E-state index contributed by atoms with van der Waals surface area (Å²) in [4.78, 5) is 0. The predicted octanol–water partition coefficient (Wildman–Crippen LogP) is 1.05. The molecule has 3 fully saturated rings. The first-order chi connectivity index (χ1) is 7.36. The molecule has 0 aromatic heterocycles. The summed E-state index contributed by atoms with van der Waals surface area (Å²) >= 11 is 0.